The van der Waals surface area contributed by atoms with Gasteiger partial charge in [-0.25, -0.2) is 0 Å². The zero-order valence-electron chi connectivity index (χ0n) is 9.30. The van der Waals surface area contributed by atoms with Crippen LogP contribution in [0.3, 0.4) is 0 Å². The minimum Gasteiger partial charge on any atom is -0.481 e. The number of aliphatic carboxylic acids is 2. The second kappa shape index (κ2) is 5.89. The summed E-state index contributed by atoms with van der Waals surface area (Å²) in [5.74, 6) is -2.62. The molecule has 0 bridgehead atoms. The number of carbonyl (C=O) groups is 2. The fraction of sp³-hybridized carbons (Fsp3) is 0.333. The molecule has 1 aromatic rings. The van der Waals surface area contributed by atoms with E-state index in [1.807, 2.05) is 0 Å². The molecule has 5 nitrogen and oxygen atoms in total. The van der Waals surface area contributed by atoms with Crippen molar-refractivity contribution in [1.82, 2.24) is 0 Å². The van der Waals surface area contributed by atoms with E-state index in [2.05, 4.69) is 0 Å². The van der Waals surface area contributed by atoms with Crippen LogP contribution in [0.2, 0.25) is 0 Å². The van der Waals surface area contributed by atoms with Gasteiger partial charge < -0.3 is 15.9 Å². The number of carboxylic acids is 2. The first-order chi connectivity index (χ1) is 7.99. The average Bonchev–Trinajstić information content (AvgIpc) is 2.26. The molecule has 0 aliphatic carbocycles. The molecule has 0 aromatic heterocycles. The molecule has 0 unspecified atom stereocenters. The molecule has 0 spiro atoms. The van der Waals surface area contributed by atoms with Gasteiger partial charge in [-0.3, -0.25) is 9.59 Å². The lowest BCUT2D eigenvalue weighted by molar-refractivity contribution is -0.142. The summed E-state index contributed by atoms with van der Waals surface area (Å²) in [5.41, 5.74) is 6.98. The molecule has 0 amide bonds. The quantitative estimate of drug-likeness (QED) is 0.649. The zero-order chi connectivity index (χ0) is 12.8. The van der Waals surface area contributed by atoms with E-state index < -0.39 is 17.9 Å². The Morgan fingerprint density at radius 2 is 1.76 bits per heavy atom. The molecule has 1 atom stereocenters. The topological polar surface area (TPSA) is 101 Å². The van der Waals surface area contributed by atoms with Gasteiger partial charge in [0.1, 0.15) is 0 Å². The van der Waals surface area contributed by atoms with E-state index in [1.165, 1.54) is 0 Å². The molecule has 0 aliphatic rings. The van der Waals surface area contributed by atoms with Gasteiger partial charge in [0.15, 0.2) is 0 Å². The van der Waals surface area contributed by atoms with Crippen molar-refractivity contribution in [3.63, 3.8) is 0 Å². The molecule has 1 aromatic carbocycles. The van der Waals surface area contributed by atoms with Gasteiger partial charge in [0.25, 0.3) is 0 Å². The summed E-state index contributed by atoms with van der Waals surface area (Å²) in [7, 11) is 0. The second-order valence-corrected chi connectivity index (χ2v) is 3.91. The smallest absolute Gasteiger partial charge is 0.306 e. The standard InChI is InChI=1S/C12H15NO4/c13-10-4-1-8(2-5-10)7-9(12(16)17)3-6-11(14)15/h1-2,4-5,9H,3,6-7,13H2,(H,14,15)(H,16,17)/t9-/m0/s1. The third-order valence-electron chi connectivity index (χ3n) is 2.52. The number of nitrogen functional groups attached to an aromatic ring is 1. The summed E-state index contributed by atoms with van der Waals surface area (Å²) in [6, 6.07) is 6.91. The zero-order valence-corrected chi connectivity index (χ0v) is 9.30. The largest absolute Gasteiger partial charge is 0.481 e. The maximum Gasteiger partial charge on any atom is 0.306 e. The highest BCUT2D eigenvalue weighted by atomic mass is 16.4. The summed E-state index contributed by atoms with van der Waals surface area (Å²) in [6.45, 7) is 0. The highest BCUT2D eigenvalue weighted by Crippen LogP contribution is 2.16. The van der Waals surface area contributed by atoms with Gasteiger partial charge in [0.05, 0.1) is 5.92 Å². The van der Waals surface area contributed by atoms with E-state index in [-0.39, 0.29) is 12.8 Å². The molecule has 4 N–H and O–H groups in total. The van der Waals surface area contributed by atoms with Gasteiger partial charge in [-0.05, 0) is 30.5 Å². The van der Waals surface area contributed by atoms with Crippen molar-refractivity contribution in [1.29, 1.82) is 0 Å². The molecular formula is C12H15NO4. The third-order valence-corrected chi connectivity index (χ3v) is 2.52. The lowest BCUT2D eigenvalue weighted by atomic mass is 9.95. The fourth-order valence-electron chi connectivity index (χ4n) is 1.55. The first-order valence-corrected chi connectivity index (χ1v) is 5.28. The van der Waals surface area contributed by atoms with E-state index >= 15 is 0 Å². The lowest BCUT2D eigenvalue weighted by Gasteiger charge is -2.11. The van der Waals surface area contributed by atoms with Crippen molar-refractivity contribution in [3.05, 3.63) is 29.8 Å². The van der Waals surface area contributed by atoms with Gasteiger partial charge in [-0.15, -0.1) is 0 Å². The summed E-state index contributed by atoms with van der Waals surface area (Å²) in [4.78, 5) is 21.4. The van der Waals surface area contributed by atoms with E-state index in [9.17, 15) is 9.59 Å². The van der Waals surface area contributed by atoms with Crippen LogP contribution in [0.25, 0.3) is 0 Å². The maximum absolute atomic E-state index is 11.0. The molecule has 0 heterocycles. The van der Waals surface area contributed by atoms with Crippen molar-refractivity contribution in [3.8, 4) is 0 Å². The first-order valence-electron chi connectivity index (χ1n) is 5.28. The van der Waals surface area contributed by atoms with E-state index in [0.717, 1.165) is 5.56 Å². The van der Waals surface area contributed by atoms with Crippen molar-refractivity contribution in [2.75, 3.05) is 5.73 Å². The maximum atomic E-state index is 11.0. The number of carboxylic acid groups (broad SMARTS) is 2. The molecule has 5 heteroatoms. The molecule has 0 saturated carbocycles. The predicted molar refractivity (Wildman–Crippen MR) is 62.6 cm³/mol. The Balaban J connectivity index is 2.63. The van der Waals surface area contributed by atoms with Crippen molar-refractivity contribution >= 4 is 17.6 Å². The molecule has 0 radical (unpaired) electrons. The molecular weight excluding hydrogens is 222 g/mol. The van der Waals surface area contributed by atoms with Gasteiger partial charge >= 0.3 is 11.9 Å². The Morgan fingerprint density at radius 3 is 2.24 bits per heavy atom. The van der Waals surface area contributed by atoms with Crippen LogP contribution in [-0.4, -0.2) is 22.2 Å². The molecule has 92 valence electrons. The van der Waals surface area contributed by atoms with Crippen LogP contribution in [0.1, 0.15) is 18.4 Å². The van der Waals surface area contributed by atoms with Crippen LogP contribution in [0, 0.1) is 5.92 Å². The highest BCUT2D eigenvalue weighted by molar-refractivity contribution is 5.72. The first kappa shape index (κ1) is 13.0. The van der Waals surface area contributed by atoms with Crippen molar-refractivity contribution in [2.45, 2.75) is 19.3 Å². The Kier molecular flexibility index (Phi) is 4.51. The van der Waals surface area contributed by atoms with Gasteiger partial charge in [0.2, 0.25) is 0 Å². The van der Waals surface area contributed by atoms with Crippen LogP contribution in [-0.2, 0) is 16.0 Å². The predicted octanol–water partition coefficient (Wildman–Crippen LogP) is 1.38. The summed E-state index contributed by atoms with van der Waals surface area (Å²) in [6.07, 6.45) is 0.323. The highest BCUT2D eigenvalue weighted by Gasteiger charge is 2.19. The molecule has 0 fully saturated rings. The molecule has 0 aliphatic heterocycles. The van der Waals surface area contributed by atoms with Crippen molar-refractivity contribution in [2.24, 2.45) is 5.92 Å². The summed E-state index contributed by atoms with van der Waals surface area (Å²) >= 11 is 0. The molecule has 0 saturated heterocycles. The summed E-state index contributed by atoms with van der Waals surface area (Å²) in [5, 5.41) is 17.5. The number of anilines is 1. The van der Waals surface area contributed by atoms with E-state index in [0.29, 0.717) is 12.1 Å². The second-order valence-electron chi connectivity index (χ2n) is 3.91. The number of nitrogens with two attached hydrogens (primary N) is 1. The van der Waals surface area contributed by atoms with Crippen LogP contribution in [0.15, 0.2) is 24.3 Å². The Hall–Kier alpha value is -2.04. The van der Waals surface area contributed by atoms with Crippen molar-refractivity contribution < 1.29 is 19.8 Å². The number of benzene rings is 1. The number of rotatable bonds is 6. The fourth-order valence-corrected chi connectivity index (χ4v) is 1.55. The van der Waals surface area contributed by atoms with Crippen LogP contribution in [0.5, 0.6) is 0 Å². The van der Waals surface area contributed by atoms with Crippen LogP contribution in [0.4, 0.5) is 5.69 Å². The molecule has 1 rings (SSSR count). The van der Waals surface area contributed by atoms with Gasteiger partial charge in [-0.1, -0.05) is 12.1 Å². The number of hydrogen-bond donors (Lipinski definition) is 3. The van der Waals surface area contributed by atoms with Gasteiger partial charge in [0, 0.05) is 12.1 Å². The van der Waals surface area contributed by atoms with Crippen LogP contribution < -0.4 is 5.73 Å². The van der Waals surface area contributed by atoms with Gasteiger partial charge in [-0.2, -0.15) is 0 Å². The van der Waals surface area contributed by atoms with Crippen LogP contribution >= 0.6 is 0 Å². The Morgan fingerprint density at radius 1 is 1.18 bits per heavy atom. The Bertz CT molecular complexity index is 399. The van der Waals surface area contributed by atoms with E-state index in [4.69, 9.17) is 15.9 Å². The van der Waals surface area contributed by atoms with E-state index in [1.54, 1.807) is 24.3 Å². The monoisotopic (exact) mass is 237 g/mol. The lowest BCUT2D eigenvalue weighted by Crippen LogP contribution is -2.17. The average molecular weight is 237 g/mol. The molecule has 17 heavy (non-hydrogen) atoms. The normalized spacial score (nSPS) is 12.0. The number of hydrogen-bond acceptors (Lipinski definition) is 3. The Labute approximate surface area is 98.9 Å². The summed E-state index contributed by atoms with van der Waals surface area (Å²) < 4.78 is 0. The minimum absolute atomic E-state index is 0.133. The SMILES string of the molecule is Nc1ccc(C[C@H](CCC(=O)O)C(=O)O)cc1. The minimum atomic E-state index is -0.978. The third kappa shape index (κ3) is 4.55.